The van der Waals surface area contributed by atoms with Crippen molar-refractivity contribution in [2.24, 2.45) is 0 Å². The van der Waals surface area contributed by atoms with Gasteiger partial charge >= 0.3 is 0 Å². The third-order valence-electron chi connectivity index (χ3n) is 3.76. The van der Waals surface area contributed by atoms with Gasteiger partial charge in [0.1, 0.15) is 6.04 Å². The molecule has 2 N–H and O–H groups in total. The molecule has 0 bridgehead atoms. The standard InChI is InChI=1S/C18H19ClN4O4/c1-11(20-18(25)12-5-4-6-14(9-12)23(26)27)17(24)21-15-10-13(19)7-8-16(15)22(2)3/h4-11H,1-3H3,(H,20,25)(H,21,24). The lowest BCUT2D eigenvalue weighted by Gasteiger charge is -2.20. The third kappa shape index (κ3) is 5.18. The van der Waals surface area contributed by atoms with Crippen LogP contribution in [0.3, 0.4) is 0 Å². The molecule has 2 rings (SSSR count). The van der Waals surface area contributed by atoms with E-state index in [1.54, 1.807) is 18.2 Å². The summed E-state index contributed by atoms with van der Waals surface area (Å²) in [6.07, 6.45) is 0. The van der Waals surface area contributed by atoms with E-state index in [1.165, 1.54) is 25.1 Å². The first-order valence-electron chi connectivity index (χ1n) is 8.02. The molecule has 142 valence electrons. The number of carbonyl (C=O) groups excluding carboxylic acids is 2. The van der Waals surface area contributed by atoms with Crippen LogP contribution in [0, 0.1) is 10.1 Å². The highest BCUT2D eigenvalue weighted by atomic mass is 35.5. The van der Waals surface area contributed by atoms with Crippen LogP contribution in [0.5, 0.6) is 0 Å². The summed E-state index contributed by atoms with van der Waals surface area (Å²) in [5.41, 5.74) is 1.16. The molecular formula is C18H19ClN4O4. The maximum atomic E-state index is 12.4. The second kappa shape index (κ2) is 8.50. The molecule has 1 atom stereocenters. The van der Waals surface area contributed by atoms with E-state index in [9.17, 15) is 19.7 Å². The average Bonchev–Trinajstić information content (AvgIpc) is 2.61. The molecule has 0 fully saturated rings. The number of carbonyl (C=O) groups is 2. The molecule has 0 saturated carbocycles. The third-order valence-corrected chi connectivity index (χ3v) is 3.99. The normalized spacial score (nSPS) is 11.4. The second-order valence-corrected chi connectivity index (χ2v) is 6.48. The summed E-state index contributed by atoms with van der Waals surface area (Å²) < 4.78 is 0. The number of non-ortho nitro benzene ring substituents is 1. The Kier molecular flexibility index (Phi) is 6.36. The lowest BCUT2D eigenvalue weighted by Crippen LogP contribution is -2.41. The van der Waals surface area contributed by atoms with Crippen LogP contribution in [-0.4, -0.2) is 36.9 Å². The fourth-order valence-electron chi connectivity index (χ4n) is 2.35. The Labute approximate surface area is 161 Å². The van der Waals surface area contributed by atoms with Gasteiger partial charge in [-0.3, -0.25) is 19.7 Å². The number of halogens is 1. The summed E-state index contributed by atoms with van der Waals surface area (Å²) in [5, 5.41) is 16.5. The minimum absolute atomic E-state index is 0.0978. The molecule has 2 aromatic rings. The molecule has 0 aliphatic heterocycles. The largest absolute Gasteiger partial charge is 0.376 e. The van der Waals surface area contributed by atoms with Crippen LogP contribution in [0.1, 0.15) is 17.3 Å². The van der Waals surface area contributed by atoms with E-state index < -0.39 is 22.8 Å². The second-order valence-electron chi connectivity index (χ2n) is 6.05. The minimum atomic E-state index is -0.870. The van der Waals surface area contributed by atoms with E-state index in [1.807, 2.05) is 19.0 Å². The van der Waals surface area contributed by atoms with Crippen LogP contribution in [0.4, 0.5) is 17.1 Å². The number of amides is 2. The predicted molar refractivity (Wildman–Crippen MR) is 104 cm³/mol. The summed E-state index contributed by atoms with van der Waals surface area (Å²) >= 11 is 5.99. The number of rotatable bonds is 6. The summed E-state index contributed by atoms with van der Waals surface area (Å²) in [6, 6.07) is 9.51. The van der Waals surface area contributed by atoms with Crippen molar-refractivity contribution in [3.05, 3.63) is 63.2 Å². The van der Waals surface area contributed by atoms with Crippen LogP contribution < -0.4 is 15.5 Å². The number of hydrogen-bond donors (Lipinski definition) is 2. The van der Waals surface area contributed by atoms with Crippen LogP contribution >= 0.6 is 11.6 Å². The molecule has 1 unspecified atom stereocenters. The van der Waals surface area contributed by atoms with E-state index in [2.05, 4.69) is 10.6 Å². The van der Waals surface area contributed by atoms with Gasteiger partial charge in [-0.2, -0.15) is 0 Å². The van der Waals surface area contributed by atoms with Gasteiger partial charge in [0.2, 0.25) is 5.91 Å². The fraction of sp³-hybridized carbons (Fsp3) is 0.222. The molecular weight excluding hydrogens is 372 g/mol. The number of benzene rings is 2. The Bertz CT molecular complexity index is 885. The van der Waals surface area contributed by atoms with Crippen LogP contribution in [0.2, 0.25) is 5.02 Å². The molecule has 0 aliphatic rings. The number of nitro groups is 1. The van der Waals surface area contributed by atoms with Gasteiger partial charge in [0.15, 0.2) is 0 Å². The lowest BCUT2D eigenvalue weighted by molar-refractivity contribution is -0.384. The monoisotopic (exact) mass is 390 g/mol. The van der Waals surface area contributed by atoms with Crippen molar-refractivity contribution >= 4 is 40.5 Å². The van der Waals surface area contributed by atoms with Gasteiger partial charge in [-0.05, 0) is 31.2 Å². The Morgan fingerprint density at radius 2 is 1.89 bits per heavy atom. The first kappa shape index (κ1) is 20.2. The highest BCUT2D eigenvalue weighted by Gasteiger charge is 2.19. The fourth-order valence-corrected chi connectivity index (χ4v) is 2.52. The van der Waals surface area contributed by atoms with Crippen molar-refractivity contribution in [3.63, 3.8) is 0 Å². The van der Waals surface area contributed by atoms with Crippen LogP contribution in [0.25, 0.3) is 0 Å². The van der Waals surface area contributed by atoms with E-state index in [0.717, 1.165) is 11.8 Å². The summed E-state index contributed by atoms with van der Waals surface area (Å²) in [4.78, 5) is 36.8. The number of nitrogens with zero attached hydrogens (tertiary/aromatic N) is 2. The van der Waals surface area contributed by atoms with Crippen molar-refractivity contribution in [3.8, 4) is 0 Å². The van der Waals surface area contributed by atoms with E-state index in [-0.39, 0.29) is 11.3 Å². The first-order chi connectivity index (χ1) is 12.7. The zero-order valence-electron chi connectivity index (χ0n) is 15.0. The number of anilines is 2. The highest BCUT2D eigenvalue weighted by Crippen LogP contribution is 2.27. The molecule has 0 saturated heterocycles. The molecule has 27 heavy (non-hydrogen) atoms. The number of nitro benzene ring substituents is 1. The van der Waals surface area contributed by atoms with Crippen molar-refractivity contribution in [2.75, 3.05) is 24.3 Å². The highest BCUT2D eigenvalue weighted by molar-refractivity contribution is 6.31. The van der Waals surface area contributed by atoms with Gasteiger partial charge in [0.25, 0.3) is 11.6 Å². The molecule has 0 heterocycles. The Balaban J connectivity index is 2.10. The first-order valence-corrected chi connectivity index (χ1v) is 8.40. The molecule has 0 aromatic heterocycles. The van der Waals surface area contributed by atoms with Crippen LogP contribution in [-0.2, 0) is 4.79 Å². The Morgan fingerprint density at radius 1 is 1.19 bits per heavy atom. The zero-order valence-corrected chi connectivity index (χ0v) is 15.8. The summed E-state index contributed by atoms with van der Waals surface area (Å²) in [7, 11) is 3.65. The van der Waals surface area contributed by atoms with Gasteiger partial charge in [0.05, 0.1) is 16.3 Å². The van der Waals surface area contributed by atoms with Crippen molar-refractivity contribution in [2.45, 2.75) is 13.0 Å². The topological polar surface area (TPSA) is 105 Å². The summed E-state index contributed by atoms with van der Waals surface area (Å²) in [5.74, 6) is -1.03. The minimum Gasteiger partial charge on any atom is -0.376 e. The van der Waals surface area contributed by atoms with Crippen LogP contribution in [0.15, 0.2) is 42.5 Å². The van der Waals surface area contributed by atoms with Crippen molar-refractivity contribution in [1.29, 1.82) is 0 Å². The van der Waals surface area contributed by atoms with Gasteiger partial charge in [-0.1, -0.05) is 17.7 Å². The molecule has 2 amide bonds. The van der Waals surface area contributed by atoms with E-state index >= 15 is 0 Å². The van der Waals surface area contributed by atoms with E-state index in [4.69, 9.17) is 11.6 Å². The zero-order chi connectivity index (χ0) is 20.1. The Morgan fingerprint density at radius 3 is 2.52 bits per heavy atom. The van der Waals surface area contributed by atoms with Crippen molar-refractivity contribution in [1.82, 2.24) is 5.32 Å². The lowest BCUT2D eigenvalue weighted by atomic mass is 10.1. The van der Waals surface area contributed by atoms with Gasteiger partial charge < -0.3 is 15.5 Å². The van der Waals surface area contributed by atoms with Crippen molar-refractivity contribution < 1.29 is 14.5 Å². The quantitative estimate of drug-likeness (QED) is 0.582. The van der Waals surface area contributed by atoms with Gasteiger partial charge in [-0.15, -0.1) is 0 Å². The predicted octanol–water partition coefficient (Wildman–Crippen LogP) is 3.07. The molecule has 0 radical (unpaired) electrons. The molecule has 8 nitrogen and oxygen atoms in total. The smallest absolute Gasteiger partial charge is 0.270 e. The average molecular weight is 391 g/mol. The maximum Gasteiger partial charge on any atom is 0.270 e. The van der Waals surface area contributed by atoms with Gasteiger partial charge in [0, 0.05) is 36.8 Å². The summed E-state index contributed by atoms with van der Waals surface area (Å²) in [6.45, 7) is 1.52. The molecule has 2 aromatic carbocycles. The number of hydrogen-bond acceptors (Lipinski definition) is 5. The SMILES string of the molecule is CC(NC(=O)c1cccc([N+](=O)[O-])c1)C(=O)Nc1cc(Cl)ccc1N(C)C. The van der Waals surface area contributed by atoms with Gasteiger partial charge in [-0.25, -0.2) is 0 Å². The molecule has 0 aliphatic carbocycles. The Hall–Kier alpha value is -3.13. The maximum absolute atomic E-state index is 12.4. The van der Waals surface area contributed by atoms with E-state index in [0.29, 0.717) is 10.7 Å². The molecule has 9 heteroatoms. The molecule has 0 spiro atoms. The number of nitrogens with one attached hydrogen (secondary N) is 2.